The summed E-state index contributed by atoms with van der Waals surface area (Å²) in [4.78, 5) is 39.4. The van der Waals surface area contributed by atoms with E-state index >= 15 is 0 Å². The van der Waals surface area contributed by atoms with Crippen LogP contribution in [0, 0.1) is 5.92 Å². The fourth-order valence-corrected chi connectivity index (χ4v) is 2.87. The fourth-order valence-electron chi connectivity index (χ4n) is 2.61. The van der Waals surface area contributed by atoms with Crippen LogP contribution in [0.4, 0.5) is 11.4 Å². The van der Waals surface area contributed by atoms with Gasteiger partial charge in [0.25, 0.3) is 11.8 Å². The Hall–Kier alpha value is -3.43. The molecule has 1 fully saturated rings. The molecule has 1 aliphatic rings. The highest BCUT2D eigenvalue weighted by Crippen LogP contribution is 2.27. The molecule has 5 N–H and O–H groups in total. The number of carbonyl (C=O) groups excluding carboxylic acids is 3. The van der Waals surface area contributed by atoms with Crippen molar-refractivity contribution in [2.24, 2.45) is 27.6 Å². The molecule has 148 valence electrons. The van der Waals surface area contributed by atoms with E-state index in [1.807, 2.05) is 0 Å². The number of guanidine groups is 1. The molecular formula is C18H14Cl2N6O3. The van der Waals surface area contributed by atoms with Gasteiger partial charge in [0.2, 0.25) is 11.9 Å². The Balaban J connectivity index is 1.98. The first-order valence-electron chi connectivity index (χ1n) is 8.14. The van der Waals surface area contributed by atoms with Gasteiger partial charge in [0.1, 0.15) is 0 Å². The van der Waals surface area contributed by atoms with Gasteiger partial charge in [-0.05, 0) is 48.5 Å². The topological polar surface area (TPSA) is 143 Å². The summed E-state index contributed by atoms with van der Waals surface area (Å²) in [5.74, 6) is -4.37. The van der Waals surface area contributed by atoms with Crippen LogP contribution in [0.15, 0.2) is 58.7 Å². The van der Waals surface area contributed by atoms with Crippen LogP contribution in [-0.4, -0.2) is 29.4 Å². The molecule has 0 spiro atoms. The average Bonchev–Trinajstić information content (AvgIpc) is 2.92. The SMILES string of the molecule is NC(N)=N/N=C1/C(=O)N(c2ccc(Cl)cc2)C(=O)[C@@H]1C(=O)Nc1ccc(Cl)cc1. The zero-order chi connectivity index (χ0) is 21.1. The second-order valence-corrected chi connectivity index (χ2v) is 6.77. The molecular weight excluding hydrogens is 419 g/mol. The van der Waals surface area contributed by atoms with Crippen LogP contribution in [0.2, 0.25) is 10.0 Å². The Kier molecular flexibility index (Phi) is 5.81. The molecule has 0 unspecified atom stereocenters. The van der Waals surface area contributed by atoms with Crippen molar-refractivity contribution in [2.75, 3.05) is 10.2 Å². The summed E-state index contributed by atoms with van der Waals surface area (Å²) in [6.07, 6.45) is 0. The van der Waals surface area contributed by atoms with Crippen molar-refractivity contribution in [3.05, 3.63) is 58.6 Å². The highest BCUT2D eigenvalue weighted by atomic mass is 35.5. The normalized spacial score (nSPS) is 17.5. The highest BCUT2D eigenvalue weighted by Gasteiger charge is 2.50. The van der Waals surface area contributed by atoms with Crippen LogP contribution in [0.1, 0.15) is 0 Å². The number of hydrogen-bond donors (Lipinski definition) is 3. The van der Waals surface area contributed by atoms with E-state index in [-0.39, 0.29) is 5.69 Å². The first kappa shape index (κ1) is 20.3. The minimum Gasteiger partial charge on any atom is -0.369 e. The first-order valence-corrected chi connectivity index (χ1v) is 8.90. The zero-order valence-electron chi connectivity index (χ0n) is 14.7. The molecule has 2 aromatic rings. The molecule has 0 aliphatic carbocycles. The number of rotatable bonds is 4. The second kappa shape index (κ2) is 8.29. The number of benzene rings is 2. The first-order chi connectivity index (χ1) is 13.8. The summed E-state index contributed by atoms with van der Waals surface area (Å²) >= 11 is 11.7. The van der Waals surface area contributed by atoms with Crippen LogP contribution < -0.4 is 21.7 Å². The van der Waals surface area contributed by atoms with E-state index in [1.54, 1.807) is 24.3 Å². The van der Waals surface area contributed by atoms with Crippen LogP contribution in [0.3, 0.4) is 0 Å². The lowest BCUT2D eigenvalue weighted by molar-refractivity contribution is -0.127. The number of halogens is 2. The summed E-state index contributed by atoms with van der Waals surface area (Å²) in [6, 6.07) is 12.2. The molecule has 0 aromatic heterocycles. The maximum Gasteiger partial charge on any atom is 0.282 e. The minimum absolute atomic E-state index is 0.226. The van der Waals surface area contributed by atoms with E-state index < -0.39 is 35.3 Å². The van der Waals surface area contributed by atoms with Crippen molar-refractivity contribution < 1.29 is 14.4 Å². The Morgan fingerprint density at radius 1 is 0.966 bits per heavy atom. The van der Waals surface area contributed by atoms with Crippen molar-refractivity contribution >= 4 is 64.0 Å². The number of nitrogens with zero attached hydrogens (tertiary/aromatic N) is 3. The van der Waals surface area contributed by atoms with Crippen molar-refractivity contribution in [1.82, 2.24) is 0 Å². The Labute approximate surface area is 175 Å². The van der Waals surface area contributed by atoms with Gasteiger partial charge in [0.05, 0.1) is 5.69 Å². The molecule has 1 atom stereocenters. The third-order valence-corrected chi connectivity index (χ3v) is 4.40. The Morgan fingerprint density at radius 2 is 1.52 bits per heavy atom. The van der Waals surface area contributed by atoms with E-state index in [0.29, 0.717) is 15.7 Å². The largest absolute Gasteiger partial charge is 0.369 e. The summed E-state index contributed by atoms with van der Waals surface area (Å²) in [6.45, 7) is 0. The van der Waals surface area contributed by atoms with Gasteiger partial charge in [0.15, 0.2) is 11.6 Å². The molecule has 1 saturated heterocycles. The summed E-state index contributed by atoms with van der Waals surface area (Å²) in [7, 11) is 0. The summed E-state index contributed by atoms with van der Waals surface area (Å²) in [5, 5.41) is 10.5. The second-order valence-electron chi connectivity index (χ2n) is 5.89. The quantitative estimate of drug-likeness (QED) is 0.221. The molecule has 2 aromatic carbocycles. The number of imide groups is 1. The molecule has 0 saturated carbocycles. The van der Waals surface area contributed by atoms with Crippen molar-refractivity contribution in [2.45, 2.75) is 0 Å². The van der Waals surface area contributed by atoms with Crippen molar-refractivity contribution in [3.8, 4) is 0 Å². The molecule has 0 radical (unpaired) electrons. The zero-order valence-corrected chi connectivity index (χ0v) is 16.2. The molecule has 3 amide bonds. The molecule has 1 aliphatic heterocycles. The van der Waals surface area contributed by atoms with Gasteiger partial charge in [-0.3, -0.25) is 14.4 Å². The molecule has 29 heavy (non-hydrogen) atoms. The maximum atomic E-state index is 12.9. The number of nitrogens with two attached hydrogens (primary N) is 2. The lowest BCUT2D eigenvalue weighted by Crippen LogP contribution is -2.34. The Bertz CT molecular complexity index is 1030. The van der Waals surface area contributed by atoms with Gasteiger partial charge in [-0.1, -0.05) is 23.2 Å². The van der Waals surface area contributed by atoms with Gasteiger partial charge in [0, 0.05) is 15.7 Å². The van der Waals surface area contributed by atoms with E-state index in [0.717, 1.165) is 4.90 Å². The van der Waals surface area contributed by atoms with Crippen LogP contribution in [0.25, 0.3) is 0 Å². The smallest absolute Gasteiger partial charge is 0.282 e. The third-order valence-electron chi connectivity index (χ3n) is 3.89. The van der Waals surface area contributed by atoms with Crippen LogP contribution in [0.5, 0.6) is 0 Å². The van der Waals surface area contributed by atoms with E-state index in [4.69, 9.17) is 34.7 Å². The fraction of sp³-hybridized carbons (Fsp3) is 0.0556. The number of hydrogen-bond acceptors (Lipinski definition) is 5. The number of anilines is 2. The molecule has 11 heteroatoms. The van der Waals surface area contributed by atoms with Crippen LogP contribution in [-0.2, 0) is 14.4 Å². The standard InChI is InChI=1S/C18H14Cl2N6O3/c19-9-1-5-11(6-2-9)23-15(27)13-14(24-25-18(21)22)17(29)26(16(13)28)12-7-3-10(20)4-8-12/h1-8,13H,(H,23,27)(H4,21,22,25)/b24-14+/t13-/m0/s1. The summed E-state index contributed by atoms with van der Waals surface area (Å²) in [5.41, 5.74) is 10.7. The van der Waals surface area contributed by atoms with Gasteiger partial charge < -0.3 is 16.8 Å². The number of carbonyl (C=O) groups is 3. The van der Waals surface area contributed by atoms with Gasteiger partial charge in [-0.2, -0.15) is 0 Å². The maximum absolute atomic E-state index is 12.9. The average molecular weight is 433 g/mol. The van der Waals surface area contributed by atoms with Crippen molar-refractivity contribution in [1.29, 1.82) is 0 Å². The van der Waals surface area contributed by atoms with Gasteiger partial charge in [-0.15, -0.1) is 10.2 Å². The Morgan fingerprint density at radius 3 is 2.07 bits per heavy atom. The monoisotopic (exact) mass is 432 g/mol. The van der Waals surface area contributed by atoms with E-state index in [1.165, 1.54) is 24.3 Å². The van der Waals surface area contributed by atoms with E-state index in [2.05, 4.69) is 15.5 Å². The number of amides is 3. The number of nitrogens with one attached hydrogen (secondary N) is 1. The lowest BCUT2D eigenvalue weighted by atomic mass is 10.1. The molecule has 9 nitrogen and oxygen atoms in total. The predicted octanol–water partition coefficient (Wildman–Crippen LogP) is 1.75. The van der Waals surface area contributed by atoms with Gasteiger partial charge >= 0.3 is 0 Å². The van der Waals surface area contributed by atoms with Crippen LogP contribution >= 0.6 is 23.2 Å². The van der Waals surface area contributed by atoms with E-state index in [9.17, 15) is 14.4 Å². The molecule has 0 bridgehead atoms. The van der Waals surface area contributed by atoms with Gasteiger partial charge in [-0.25, -0.2) is 4.90 Å². The van der Waals surface area contributed by atoms with Crippen molar-refractivity contribution in [3.63, 3.8) is 0 Å². The molecule has 3 rings (SSSR count). The minimum atomic E-state index is -1.54. The lowest BCUT2D eigenvalue weighted by Gasteiger charge is -2.14. The molecule has 1 heterocycles. The highest BCUT2D eigenvalue weighted by molar-refractivity contribution is 6.61. The third kappa shape index (κ3) is 4.36. The summed E-state index contributed by atoms with van der Waals surface area (Å²) < 4.78 is 0. The predicted molar refractivity (Wildman–Crippen MR) is 111 cm³/mol.